The van der Waals surface area contributed by atoms with Gasteiger partial charge in [-0.1, -0.05) is 0 Å². The lowest BCUT2D eigenvalue weighted by Crippen LogP contribution is -2.10. The summed E-state index contributed by atoms with van der Waals surface area (Å²) in [4.78, 5) is 16.4. The Bertz CT molecular complexity index is 759. The van der Waals surface area contributed by atoms with E-state index in [9.17, 15) is 4.79 Å². The minimum absolute atomic E-state index is 0.167. The molecule has 0 fully saturated rings. The van der Waals surface area contributed by atoms with E-state index < -0.39 is 0 Å². The third-order valence-corrected chi connectivity index (χ3v) is 3.67. The first-order valence-electron chi connectivity index (χ1n) is 5.79. The van der Waals surface area contributed by atoms with Gasteiger partial charge in [-0.2, -0.15) is 5.10 Å². The van der Waals surface area contributed by atoms with Gasteiger partial charge >= 0.3 is 0 Å². The van der Waals surface area contributed by atoms with Gasteiger partial charge in [0.05, 0.1) is 27.0 Å². The SMILES string of the molecule is Cc1nc2cc(NC(=O)c3cnn(C)c3)ccc2s1. The van der Waals surface area contributed by atoms with Crippen LogP contribution in [0.2, 0.25) is 0 Å². The van der Waals surface area contributed by atoms with E-state index in [4.69, 9.17) is 0 Å². The van der Waals surface area contributed by atoms with Gasteiger partial charge in [-0.3, -0.25) is 9.48 Å². The summed E-state index contributed by atoms with van der Waals surface area (Å²) in [6, 6.07) is 5.74. The molecule has 1 aromatic carbocycles. The third-order valence-electron chi connectivity index (χ3n) is 2.72. The molecule has 0 radical (unpaired) electrons. The molecule has 0 aliphatic heterocycles. The maximum Gasteiger partial charge on any atom is 0.258 e. The zero-order chi connectivity index (χ0) is 13.4. The van der Waals surface area contributed by atoms with Crippen LogP contribution in [0.25, 0.3) is 10.2 Å². The highest BCUT2D eigenvalue weighted by atomic mass is 32.1. The van der Waals surface area contributed by atoms with Crippen LogP contribution in [0.15, 0.2) is 30.6 Å². The molecule has 0 aliphatic carbocycles. The van der Waals surface area contributed by atoms with Gasteiger partial charge in [0.25, 0.3) is 5.91 Å². The van der Waals surface area contributed by atoms with Crippen LogP contribution in [0.1, 0.15) is 15.4 Å². The zero-order valence-corrected chi connectivity index (χ0v) is 11.4. The molecule has 0 spiro atoms. The summed E-state index contributed by atoms with van der Waals surface area (Å²) in [7, 11) is 1.78. The fourth-order valence-electron chi connectivity index (χ4n) is 1.86. The van der Waals surface area contributed by atoms with Gasteiger partial charge in [0.2, 0.25) is 0 Å². The maximum absolute atomic E-state index is 12.0. The minimum atomic E-state index is -0.167. The van der Waals surface area contributed by atoms with Gasteiger partial charge in [0, 0.05) is 18.9 Å². The first-order valence-corrected chi connectivity index (χ1v) is 6.61. The van der Waals surface area contributed by atoms with Gasteiger partial charge in [0.1, 0.15) is 0 Å². The van der Waals surface area contributed by atoms with Crippen molar-refractivity contribution in [2.45, 2.75) is 6.92 Å². The van der Waals surface area contributed by atoms with Crippen molar-refractivity contribution in [3.8, 4) is 0 Å². The van der Waals surface area contributed by atoms with E-state index >= 15 is 0 Å². The summed E-state index contributed by atoms with van der Waals surface area (Å²) < 4.78 is 2.72. The molecular weight excluding hydrogens is 260 g/mol. The number of nitrogens with zero attached hydrogens (tertiary/aromatic N) is 3. The molecule has 5 nitrogen and oxygen atoms in total. The standard InChI is InChI=1S/C13H12N4OS/c1-8-15-11-5-10(3-4-12(11)19-8)16-13(18)9-6-14-17(2)7-9/h3-7H,1-2H3,(H,16,18). The van der Waals surface area contributed by atoms with Crippen molar-refractivity contribution in [1.29, 1.82) is 0 Å². The van der Waals surface area contributed by atoms with Crippen molar-refractivity contribution < 1.29 is 4.79 Å². The number of aromatic nitrogens is 3. The molecule has 6 heteroatoms. The number of thiazole rings is 1. The molecule has 0 aliphatic rings. The Morgan fingerprint density at radius 1 is 1.42 bits per heavy atom. The number of nitrogens with one attached hydrogen (secondary N) is 1. The van der Waals surface area contributed by atoms with Crippen LogP contribution in [0, 0.1) is 6.92 Å². The molecule has 0 bridgehead atoms. The lowest BCUT2D eigenvalue weighted by atomic mass is 10.2. The van der Waals surface area contributed by atoms with E-state index in [1.165, 1.54) is 0 Å². The van der Waals surface area contributed by atoms with Crippen LogP contribution < -0.4 is 5.32 Å². The molecule has 1 N–H and O–H groups in total. The molecule has 2 heterocycles. The monoisotopic (exact) mass is 272 g/mol. The zero-order valence-electron chi connectivity index (χ0n) is 10.5. The Balaban J connectivity index is 1.86. The Morgan fingerprint density at radius 3 is 3.00 bits per heavy atom. The lowest BCUT2D eigenvalue weighted by molar-refractivity contribution is 0.102. The first-order chi connectivity index (χ1) is 9.11. The van der Waals surface area contributed by atoms with Crippen LogP contribution in [0.4, 0.5) is 5.69 Å². The number of amides is 1. The number of rotatable bonds is 2. The van der Waals surface area contributed by atoms with Gasteiger partial charge in [-0.25, -0.2) is 4.98 Å². The second-order valence-electron chi connectivity index (χ2n) is 4.27. The van der Waals surface area contributed by atoms with E-state index in [1.807, 2.05) is 25.1 Å². The largest absolute Gasteiger partial charge is 0.322 e. The van der Waals surface area contributed by atoms with E-state index in [1.54, 1.807) is 35.5 Å². The molecule has 0 unspecified atom stereocenters. The summed E-state index contributed by atoms with van der Waals surface area (Å²) in [5.74, 6) is -0.167. The van der Waals surface area contributed by atoms with E-state index in [0.29, 0.717) is 5.56 Å². The van der Waals surface area contributed by atoms with Crippen LogP contribution in [0.5, 0.6) is 0 Å². The second-order valence-corrected chi connectivity index (χ2v) is 5.51. The summed E-state index contributed by atoms with van der Waals surface area (Å²) in [6.07, 6.45) is 3.22. The number of fused-ring (bicyclic) bond motifs is 1. The lowest BCUT2D eigenvalue weighted by Gasteiger charge is -2.02. The Labute approximate surface area is 113 Å². The summed E-state index contributed by atoms with van der Waals surface area (Å²) in [6.45, 7) is 1.97. The first kappa shape index (κ1) is 11.9. The number of anilines is 1. The highest BCUT2D eigenvalue weighted by Gasteiger charge is 2.09. The fourth-order valence-corrected chi connectivity index (χ4v) is 2.67. The summed E-state index contributed by atoms with van der Waals surface area (Å²) in [5, 5.41) is 7.84. The van der Waals surface area contributed by atoms with Crippen LogP contribution in [-0.2, 0) is 7.05 Å². The van der Waals surface area contributed by atoms with Gasteiger partial charge in [-0.15, -0.1) is 11.3 Å². The van der Waals surface area contributed by atoms with Crippen LogP contribution in [-0.4, -0.2) is 20.7 Å². The smallest absolute Gasteiger partial charge is 0.258 e. The van der Waals surface area contributed by atoms with Crippen molar-refractivity contribution in [3.63, 3.8) is 0 Å². The topological polar surface area (TPSA) is 59.8 Å². The van der Waals surface area contributed by atoms with Gasteiger partial charge in [-0.05, 0) is 25.1 Å². The van der Waals surface area contributed by atoms with E-state index in [-0.39, 0.29) is 5.91 Å². The number of aryl methyl sites for hydroxylation is 2. The van der Waals surface area contributed by atoms with Crippen molar-refractivity contribution in [1.82, 2.24) is 14.8 Å². The average molecular weight is 272 g/mol. The molecule has 0 saturated heterocycles. The fraction of sp³-hybridized carbons (Fsp3) is 0.154. The Hall–Kier alpha value is -2.21. The summed E-state index contributed by atoms with van der Waals surface area (Å²) in [5.41, 5.74) is 2.19. The predicted molar refractivity (Wildman–Crippen MR) is 75.5 cm³/mol. The van der Waals surface area contributed by atoms with Crippen molar-refractivity contribution in [3.05, 3.63) is 41.2 Å². The number of hydrogen-bond donors (Lipinski definition) is 1. The quantitative estimate of drug-likeness (QED) is 0.780. The molecule has 3 rings (SSSR count). The molecule has 96 valence electrons. The second kappa shape index (κ2) is 4.47. The molecule has 1 amide bonds. The third kappa shape index (κ3) is 2.34. The summed E-state index contributed by atoms with van der Waals surface area (Å²) >= 11 is 1.64. The minimum Gasteiger partial charge on any atom is -0.322 e. The molecular formula is C13H12N4OS. The number of carbonyl (C=O) groups excluding carboxylic acids is 1. The van der Waals surface area contributed by atoms with Gasteiger partial charge < -0.3 is 5.32 Å². The molecule has 3 aromatic rings. The van der Waals surface area contributed by atoms with Gasteiger partial charge in [0.15, 0.2) is 0 Å². The predicted octanol–water partition coefficient (Wildman–Crippen LogP) is 2.59. The number of carbonyl (C=O) groups is 1. The Kier molecular flexibility index (Phi) is 2.79. The molecule has 0 atom stereocenters. The molecule has 2 aromatic heterocycles. The molecule has 19 heavy (non-hydrogen) atoms. The Morgan fingerprint density at radius 2 is 2.26 bits per heavy atom. The highest BCUT2D eigenvalue weighted by molar-refractivity contribution is 7.18. The van der Waals surface area contributed by atoms with Crippen LogP contribution in [0.3, 0.4) is 0 Å². The number of hydrogen-bond acceptors (Lipinski definition) is 4. The van der Waals surface area contributed by atoms with Crippen molar-refractivity contribution >= 4 is 33.1 Å². The van der Waals surface area contributed by atoms with Crippen LogP contribution >= 0.6 is 11.3 Å². The van der Waals surface area contributed by atoms with Crippen molar-refractivity contribution in [2.24, 2.45) is 7.05 Å². The average Bonchev–Trinajstić information content (AvgIpc) is 2.93. The van der Waals surface area contributed by atoms with Crippen molar-refractivity contribution in [2.75, 3.05) is 5.32 Å². The normalized spacial score (nSPS) is 10.8. The maximum atomic E-state index is 12.0. The van der Waals surface area contributed by atoms with E-state index in [0.717, 1.165) is 20.9 Å². The van der Waals surface area contributed by atoms with E-state index in [2.05, 4.69) is 15.4 Å². The number of benzene rings is 1. The molecule has 0 saturated carbocycles. The highest BCUT2D eigenvalue weighted by Crippen LogP contribution is 2.24.